The average molecular weight is 399 g/mol. The molecule has 2 aromatic carbocycles. The topological polar surface area (TPSA) is 75.3 Å². The summed E-state index contributed by atoms with van der Waals surface area (Å²) in [5.74, 6) is -0.275. The monoisotopic (exact) mass is 398 g/mol. The van der Waals surface area contributed by atoms with E-state index < -0.39 is 17.5 Å². The molecule has 4 N–H and O–H groups in total. The van der Waals surface area contributed by atoms with Crippen LogP contribution in [0.15, 0.2) is 36.4 Å². The number of hydrogen-bond acceptors (Lipinski definition) is 5. The lowest BCUT2D eigenvalue weighted by molar-refractivity contribution is 0.0951. The molecule has 26 heavy (non-hydrogen) atoms. The summed E-state index contributed by atoms with van der Waals surface area (Å²) in [7, 11) is 3.38. The summed E-state index contributed by atoms with van der Waals surface area (Å²) in [6.45, 7) is 1.10. The summed E-state index contributed by atoms with van der Waals surface area (Å²) in [4.78, 5) is 12.3. The quantitative estimate of drug-likeness (QED) is 0.443. The largest absolute Gasteiger partial charge is 0.507 e. The minimum atomic E-state index is -0.728. The Kier molecular flexibility index (Phi) is 8.21. The van der Waals surface area contributed by atoms with E-state index in [-0.39, 0.29) is 16.9 Å². The lowest BCUT2D eigenvalue weighted by atomic mass is 10.0. The fourth-order valence-electron chi connectivity index (χ4n) is 2.20. The van der Waals surface area contributed by atoms with Crippen molar-refractivity contribution in [3.63, 3.8) is 0 Å². The Hall–Kier alpha value is -1.77. The molecular weight excluding hydrogens is 378 g/mol. The number of benzene rings is 2. The molecule has 0 aliphatic rings. The van der Waals surface area contributed by atoms with Gasteiger partial charge in [0.1, 0.15) is 17.4 Å². The van der Waals surface area contributed by atoms with E-state index in [4.69, 9.17) is 5.73 Å². The van der Waals surface area contributed by atoms with Gasteiger partial charge in [-0.05, 0) is 36.2 Å². The number of amides is 1. The molecule has 0 atom stereocenters. The van der Waals surface area contributed by atoms with Crippen LogP contribution in [0.4, 0.5) is 8.78 Å². The predicted molar refractivity (Wildman–Crippen MR) is 104 cm³/mol. The van der Waals surface area contributed by atoms with Gasteiger partial charge >= 0.3 is 0 Å². The zero-order valence-corrected chi connectivity index (χ0v) is 15.6. The van der Waals surface area contributed by atoms with Gasteiger partial charge < -0.3 is 16.2 Å². The number of halogens is 2. The van der Waals surface area contributed by atoms with Crippen LogP contribution in [-0.4, -0.2) is 35.6 Å². The Bertz CT molecular complexity index is 760. The van der Waals surface area contributed by atoms with Gasteiger partial charge in [0.05, 0.1) is 5.56 Å². The van der Waals surface area contributed by atoms with Crippen LogP contribution in [0.1, 0.15) is 16.8 Å². The van der Waals surface area contributed by atoms with Crippen LogP contribution in [-0.2, 0) is 0 Å². The third kappa shape index (κ3) is 5.89. The minimum absolute atomic E-state index is 0.0522. The van der Waals surface area contributed by atoms with Crippen molar-refractivity contribution in [3.05, 3.63) is 53.6 Å². The minimum Gasteiger partial charge on any atom is -0.507 e. The van der Waals surface area contributed by atoms with Crippen molar-refractivity contribution in [1.29, 1.82) is 0 Å². The summed E-state index contributed by atoms with van der Waals surface area (Å²) in [6, 6.07) is 7.43. The summed E-state index contributed by atoms with van der Waals surface area (Å²) >= 11 is 0. The van der Waals surface area contributed by atoms with Gasteiger partial charge in [-0.15, -0.1) is 0 Å². The lowest BCUT2D eigenvalue weighted by Crippen LogP contribution is -2.24. The molecular formula is C18H20F2N2O2S2. The number of nitrogens with one attached hydrogen (secondary N) is 1. The highest BCUT2D eigenvalue weighted by Gasteiger charge is 2.14. The summed E-state index contributed by atoms with van der Waals surface area (Å²) < 4.78 is 27.0. The average Bonchev–Trinajstić information content (AvgIpc) is 2.61. The first-order valence-corrected chi connectivity index (χ1v) is 10.5. The highest BCUT2D eigenvalue weighted by atomic mass is 33.1. The lowest BCUT2D eigenvalue weighted by Gasteiger charge is -2.10. The maximum Gasteiger partial charge on any atom is 0.255 e. The SMILES string of the molecule is NCCSSCCCNC(=O)c1cc(-c2ccc(F)cc2F)ccc1O. The Morgan fingerprint density at radius 3 is 2.62 bits per heavy atom. The number of aromatic hydroxyl groups is 1. The Morgan fingerprint density at radius 2 is 1.88 bits per heavy atom. The normalized spacial score (nSPS) is 10.7. The van der Waals surface area contributed by atoms with Gasteiger partial charge in [-0.1, -0.05) is 27.7 Å². The van der Waals surface area contributed by atoms with E-state index in [1.165, 1.54) is 24.3 Å². The maximum absolute atomic E-state index is 13.9. The first-order chi connectivity index (χ1) is 12.5. The van der Waals surface area contributed by atoms with Crippen molar-refractivity contribution in [2.45, 2.75) is 6.42 Å². The number of phenolic OH excluding ortho intramolecular Hbond substituents is 1. The zero-order valence-electron chi connectivity index (χ0n) is 14.0. The number of rotatable bonds is 9. The molecule has 0 saturated heterocycles. The molecule has 2 aromatic rings. The molecule has 8 heteroatoms. The number of nitrogens with two attached hydrogens (primary N) is 1. The van der Waals surface area contributed by atoms with Gasteiger partial charge in [-0.25, -0.2) is 8.78 Å². The van der Waals surface area contributed by atoms with Crippen molar-refractivity contribution >= 4 is 27.5 Å². The van der Waals surface area contributed by atoms with Crippen LogP contribution in [0.2, 0.25) is 0 Å². The van der Waals surface area contributed by atoms with Gasteiger partial charge in [0.25, 0.3) is 5.91 Å². The first-order valence-electron chi connectivity index (χ1n) is 8.04. The molecule has 0 radical (unpaired) electrons. The fraction of sp³-hybridized carbons (Fsp3) is 0.278. The van der Waals surface area contributed by atoms with Crippen LogP contribution >= 0.6 is 21.6 Å². The zero-order chi connectivity index (χ0) is 18.9. The molecule has 0 fully saturated rings. The first kappa shape index (κ1) is 20.5. The Morgan fingerprint density at radius 1 is 1.12 bits per heavy atom. The summed E-state index contributed by atoms with van der Waals surface area (Å²) in [5.41, 5.74) is 6.00. The second kappa shape index (κ2) is 10.4. The Balaban J connectivity index is 1.99. The molecule has 140 valence electrons. The maximum atomic E-state index is 13.9. The molecule has 2 rings (SSSR count). The highest BCUT2D eigenvalue weighted by Crippen LogP contribution is 2.28. The van der Waals surface area contributed by atoms with Crippen LogP contribution in [0, 0.1) is 11.6 Å². The number of carbonyl (C=O) groups is 1. The van der Waals surface area contributed by atoms with Gasteiger partial charge in [-0.2, -0.15) is 0 Å². The van der Waals surface area contributed by atoms with Crippen LogP contribution in [0.3, 0.4) is 0 Å². The fourth-order valence-corrected chi connectivity index (χ4v) is 4.15. The van der Waals surface area contributed by atoms with Gasteiger partial charge in [-0.3, -0.25) is 4.79 Å². The molecule has 0 bridgehead atoms. The van der Waals surface area contributed by atoms with Crippen LogP contribution in [0.5, 0.6) is 5.75 Å². The molecule has 0 unspecified atom stereocenters. The van der Waals surface area contributed by atoms with Crippen molar-refractivity contribution in [2.24, 2.45) is 5.73 Å². The van der Waals surface area contributed by atoms with E-state index in [1.807, 2.05) is 0 Å². The van der Waals surface area contributed by atoms with E-state index in [2.05, 4.69) is 5.32 Å². The molecule has 0 aliphatic carbocycles. The molecule has 1 amide bonds. The van der Waals surface area contributed by atoms with Gasteiger partial charge in [0.2, 0.25) is 0 Å². The molecule has 0 heterocycles. The number of phenols is 1. The molecule has 0 aliphatic heterocycles. The molecule has 0 aromatic heterocycles. The second-order valence-corrected chi connectivity index (χ2v) is 8.10. The third-order valence-electron chi connectivity index (χ3n) is 3.46. The van der Waals surface area contributed by atoms with Crippen molar-refractivity contribution in [1.82, 2.24) is 5.32 Å². The second-order valence-electron chi connectivity index (χ2n) is 5.40. The van der Waals surface area contributed by atoms with E-state index >= 15 is 0 Å². The standard InChI is InChI=1S/C18H20F2N2O2S2/c19-13-3-4-14(16(20)11-13)12-2-5-17(23)15(10-12)18(24)22-7-1-8-25-26-9-6-21/h2-5,10-11,23H,1,6-9,21H2,(H,22,24). The predicted octanol–water partition coefficient (Wildman–Crippen LogP) is 3.80. The molecule has 0 spiro atoms. The Labute approximate surface area is 159 Å². The number of hydrogen-bond donors (Lipinski definition) is 3. The molecule has 4 nitrogen and oxygen atoms in total. The van der Waals surface area contributed by atoms with Crippen LogP contribution < -0.4 is 11.1 Å². The van der Waals surface area contributed by atoms with Crippen molar-refractivity contribution in [2.75, 3.05) is 24.6 Å². The highest BCUT2D eigenvalue weighted by molar-refractivity contribution is 8.76. The van der Waals surface area contributed by atoms with Crippen molar-refractivity contribution < 1.29 is 18.7 Å². The van der Waals surface area contributed by atoms with Crippen LogP contribution in [0.25, 0.3) is 11.1 Å². The summed E-state index contributed by atoms with van der Waals surface area (Å²) in [5, 5.41) is 12.7. The molecule has 0 saturated carbocycles. The number of carbonyl (C=O) groups excluding carboxylic acids is 1. The van der Waals surface area contributed by atoms with E-state index in [9.17, 15) is 18.7 Å². The van der Waals surface area contributed by atoms with E-state index in [0.717, 1.165) is 30.1 Å². The van der Waals surface area contributed by atoms with Gasteiger partial charge in [0, 0.05) is 36.2 Å². The van der Waals surface area contributed by atoms with Crippen molar-refractivity contribution in [3.8, 4) is 16.9 Å². The van der Waals surface area contributed by atoms with E-state index in [0.29, 0.717) is 18.7 Å². The van der Waals surface area contributed by atoms with Gasteiger partial charge in [0.15, 0.2) is 0 Å². The van der Waals surface area contributed by atoms with E-state index in [1.54, 1.807) is 21.6 Å². The smallest absolute Gasteiger partial charge is 0.255 e. The summed E-state index contributed by atoms with van der Waals surface area (Å²) in [6.07, 6.45) is 0.779. The third-order valence-corrected chi connectivity index (χ3v) is 5.98.